The van der Waals surface area contributed by atoms with Gasteiger partial charge in [-0.05, 0) is 51.1 Å². The van der Waals surface area contributed by atoms with Crippen LogP contribution in [0.1, 0.15) is 31.9 Å². The lowest BCUT2D eigenvalue weighted by atomic mass is 10.1. The summed E-state index contributed by atoms with van der Waals surface area (Å²) in [4.78, 5) is 24.3. The van der Waals surface area contributed by atoms with Crippen LogP contribution in [0.4, 0.5) is 10.7 Å². The number of likely N-dealkylation sites (tertiary alicyclic amines) is 1. The number of hydrazone groups is 1. The Balaban J connectivity index is 1.55. The molecule has 1 aromatic rings. The average molecular weight is 362 g/mol. The van der Waals surface area contributed by atoms with Crippen LogP contribution in [0.5, 0.6) is 0 Å². The van der Waals surface area contributed by atoms with Gasteiger partial charge in [-0.2, -0.15) is 10.1 Å². The van der Waals surface area contributed by atoms with E-state index in [4.69, 9.17) is 9.15 Å². The summed E-state index contributed by atoms with van der Waals surface area (Å²) in [5.74, 6) is 0.0288. The topological polar surface area (TPSA) is 101 Å². The number of nitrogens with zero attached hydrogens (tertiary/aromatic N) is 4. The number of piperidine rings is 1. The maximum absolute atomic E-state index is 12.0. The van der Waals surface area contributed by atoms with E-state index in [0.717, 1.165) is 19.6 Å². The number of amides is 1. The molecular weight excluding hydrogens is 340 g/mol. The number of rotatable bonds is 6. The van der Waals surface area contributed by atoms with E-state index in [0.29, 0.717) is 18.0 Å². The Kier molecular flexibility index (Phi) is 5.67. The molecule has 2 fully saturated rings. The van der Waals surface area contributed by atoms with Crippen molar-refractivity contribution in [2.45, 2.75) is 32.3 Å². The summed E-state index contributed by atoms with van der Waals surface area (Å²) < 4.78 is 10.4. The molecule has 3 heterocycles. The molecule has 2 aliphatic rings. The van der Waals surface area contributed by atoms with E-state index in [1.165, 1.54) is 36.4 Å². The molecule has 1 amide bonds. The van der Waals surface area contributed by atoms with Gasteiger partial charge in [0.1, 0.15) is 16.8 Å². The van der Waals surface area contributed by atoms with E-state index in [1.54, 1.807) is 19.1 Å². The number of furan rings is 1. The largest absolute Gasteiger partial charge is 0.441 e. The molecule has 9 heteroatoms. The zero-order chi connectivity index (χ0) is 18.5. The molecule has 0 N–H and O–H groups in total. The van der Waals surface area contributed by atoms with Crippen molar-refractivity contribution in [1.29, 1.82) is 0 Å². The predicted octanol–water partition coefficient (Wildman–Crippen LogP) is 2.88. The predicted molar refractivity (Wildman–Crippen MR) is 94.8 cm³/mol. The second-order valence-corrected chi connectivity index (χ2v) is 6.46. The number of carbonyl (C=O) groups excluding carboxylic acids is 1. The molecule has 9 nitrogen and oxygen atoms in total. The second kappa shape index (κ2) is 8.13. The van der Waals surface area contributed by atoms with Gasteiger partial charge in [0, 0.05) is 6.54 Å². The lowest BCUT2D eigenvalue weighted by Crippen LogP contribution is -2.37. The zero-order valence-corrected chi connectivity index (χ0v) is 14.7. The van der Waals surface area contributed by atoms with Gasteiger partial charge in [0.15, 0.2) is 0 Å². The fourth-order valence-corrected chi connectivity index (χ4v) is 3.07. The van der Waals surface area contributed by atoms with E-state index < -0.39 is 11.0 Å². The van der Waals surface area contributed by atoms with Gasteiger partial charge in [0.2, 0.25) is 0 Å². The van der Waals surface area contributed by atoms with Crippen molar-refractivity contribution < 1.29 is 18.9 Å². The standard InChI is InChI=1S/C17H22N4O5/c1-13(5-6-14-7-8-16(25-14)21(23)24)18-20-12-15(26-17(20)22)11-19-9-3-2-4-10-19/h5-8,15H,2-4,9-12H2,1H3. The van der Waals surface area contributed by atoms with Crippen LogP contribution in [0.15, 0.2) is 27.7 Å². The van der Waals surface area contributed by atoms with E-state index in [1.807, 2.05) is 0 Å². The number of nitro groups is 1. The Labute approximate surface area is 151 Å². The monoisotopic (exact) mass is 362 g/mol. The highest BCUT2D eigenvalue weighted by Gasteiger charge is 2.32. The third-order valence-electron chi connectivity index (χ3n) is 4.33. The first-order valence-electron chi connectivity index (χ1n) is 8.69. The molecule has 0 aromatic carbocycles. The minimum Gasteiger partial charge on any atom is -0.441 e. The van der Waals surface area contributed by atoms with Crippen molar-refractivity contribution in [3.8, 4) is 0 Å². The minimum absolute atomic E-state index is 0.172. The summed E-state index contributed by atoms with van der Waals surface area (Å²) in [7, 11) is 0. The van der Waals surface area contributed by atoms with Crippen molar-refractivity contribution in [3.05, 3.63) is 34.1 Å². The first kappa shape index (κ1) is 18.1. The molecule has 0 spiro atoms. The van der Waals surface area contributed by atoms with Gasteiger partial charge in [-0.15, -0.1) is 0 Å². The normalized spacial score (nSPS) is 22.2. The third-order valence-corrected chi connectivity index (χ3v) is 4.33. The molecule has 0 radical (unpaired) electrons. The molecule has 2 aliphatic heterocycles. The van der Waals surface area contributed by atoms with Gasteiger partial charge < -0.3 is 9.15 Å². The van der Waals surface area contributed by atoms with Crippen LogP contribution in [-0.2, 0) is 4.74 Å². The van der Waals surface area contributed by atoms with Gasteiger partial charge in [-0.25, -0.2) is 4.79 Å². The maximum Gasteiger partial charge on any atom is 0.433 e. The number of cyclic esters (lactones) is 1. The van der Waals surface area contributed by atoms with E-state index >= 15 is 0 Å². The van der Waals surface area contributed by atoms with E-state index in [9.17, 15) is 14.9 Å². The number of allylic oxidation sites excluding steroid dienone is 1. The molecule has 1 aromatic heterocycles. The van der Waals surface area contributed by atoms with Crippen molar-refractivity contribution in [3.63, 3.8) is 0 Å². The van der Waals surface area contributed by atoms with Gasteiger partial charge in [0.25, 0.3) is 0 Å². The summed E-state index contributed by atoms with van der Waals surface area (Å²) in [6.07, 6.45) is 6.23. The number of hydrogen-bond donors (Lipinski definition) is 0. The Bertz CT molecular complexity index is 720. The number of hydrogen-bond acceptors (Lipinski definition) is 7. The molecule has 26 heavy (non-hydrogen) atoms. The molecular formula is C17H22N4O5. The van der Waals surface area contributed by atoms with Crippen LogP contribution >= 0.6 is 0 Å². The van der Waals surface area contributed by atoms with Crippen LogP contribution in [0.3, 0.4) is 0 Å². The van der Waals surface area contributed by atoms with E-state index in [2.05, 4.69) is 10.0 Å². The minimum atomic E-state index is -0.596. The van der Waals surface area contributed by atoms with Crippen molar-refractivity contribution in [1.82, 2.24) is 9.91 Å². The smallest absolute Gasteiger partial charge is 0.433 e. The highest BCUT2D eigenvalue weighted by molar-refractivity contribution is 5.96. The molecule has 0 aliphatic carbocycles. The maximum atomic E-state index is 12.0. The summed E-state index contributed by atoms with van der Waals surface area (Å²) in [6, 6.07) is 2.79. The summed E-state index contributed by atoms with van der Waals surface area (Å²) in [5.41, 5.74) is 0.569. The van der Waals surface area contributed by atoms with Crippen LogP contribution in [0, 0.1) is 10.1 Å². The Morgan fingerprint density at radius 2 is 2.15 bits per heavy atom. The molecule has 0 saturated carbocycles. The van der Waals surface area contributed by atoms with Crippen LogP contribution in [0.2, 0.25) is 0 Å². The lowest BCUT2D eigenvalue weighted by molar-refractivity contribution is -0.402. The second-order valence-electron chi connectivity index (χ2n) is 6.46. The molecule has 1 atom stereocenters. The van der Waals surface area contributed by atoms with Gasteiger partial charge in [0.05, 0.1) is 18.3 Å². The average Bonchev–Trinajstić information content (AvgIpc) is 3.21. The lowest BCUT2D eigenvalue weighted by Gasteiger charge is -2.27. The van der Waals surface area contributed by atoms with Gasteiger partial charge in [-0.1, -0.05) is 6.42 Å². The third kappa shape index (κ3) is 4.69. The highest BCUT2D eigenvalue weighted by atomic mass is 16.6. The fraction of sp³-hybridized carbons (Fsp3) is 0.529. The SMILES string of the molecule is CC(C=Cc1ccc([N+](=O)[O-])o1)=NN1CC(CN2CCCCC2)OC1=O. The number of carbonyl (C=O) groups is 1. The van der Waals surface area contributed by atoms with Crippen molar-refractivity contribution >= 4 is 23.8 Å². The Morgan fingerprint density at radius 1 is 1.38 bits per heavy atom. The van der Waals surface area contributed by atoms with Crippen molar-refractivity contribution in [2.24, 2.45) is 5.10 Å². The first-order chi connectivity index (χ1) is 12.5. The van der Waals surface area contributed by atoms with Crippen LogP contribution in [0.25, 0.3) is 6.08 Å². The molecule has 140 valence electrons. The van der Waals surface area contributed by atoms with Crippen molar-refractivity contribution in [2.75, 3.05) is 26.2 Å². The van der Waals surface area contributed by atoms with Gasteiger partial charge >= 0.3 is 12.0 Å². The zero-order valence-electron chi connectivity index (χ0n) is 14.7. The fourth-order valence-electron chi connectivity index (χ4n) is 3.07. The van der Waals surface area contributed by atoms with Crippen LogP contribution in [-0.4, -0.2) is 58.9 Å². The quantitative estimate of drug-likeness (QED) is 0.438. The number of ether oxygens (including phenoxy) is 1. The Hall–Kier alpha value is -2.68. The Morgan fingerprint density at radius 3 is 2.85 bits per heavy atom. The summed E-state index contributed by atoms with van der Waals surface area (Å²) in [6.45, 7) is 5.00. The highest BCUT2D eigenvalue weighted by Crippen LogP contribution is 2.18. The molecule has 1 unspecified atom stereocenters. The molecule has 2 saturated heterocycles. The molecule has 3 rings (SSSR count). The summed E-state index contributed by atoms with van der Waals surface area (Å²) >= 11 is 0. The molecule has 0 bridgehead atoms. The van der Waals surface area contributed by atoms with E-state index in [-0.39, 0.29) is 12.0 Å². The first-order valence-corrected chi connectivity index (χ1v) is 8.69. The van der Waals surface area contributed by atoms with Crippen LogP contribution < -0.4 is 0 Å². The summed E-state index contributed by atoms with van der Waals surface area (Å²) in [5, 5.41) is 16.2. The van der Waals surface area contributed by atoms with Gasteiger partial charge in [-0.3, -0.25) is 15.0 Å².